The summed E-state index contributed by atoms with van der Waals surface area (Å²) < 4.78 is 11.8. The Morgan fingerprint density at radius 2 is 2.00 bits per heavy atom. The number of benzene rings is 2. The van der Waals surface area contributed by atoms with Gasteiger partial charge < -0.3 is 19.7 Å². The number of allylic oxidation sites excluding steroid dienone is 1. The topological polar surface area (TPSA) is 59.5 Å². The van der Waals surface area contributed by atoms with Crippen LogP contribution in [0.3, 0.4) is 0 Å². The molecule has 1 N–H and O–H groups in total. The first-order valence-corrected chi connectivity index (χ1v) is 10.6. The SMILES string of the molecule is C=CC(=C)N1CC(Oc2cc3c(Nc4cccc(C5CC5)c4)ncnc3cc2OC)C1. The number of aromatic nitrogens is 2. The van der Waals surface area contributed by atoms with Gasteiger partial charge >= 0.3 is 0 Å². The molecule has 2 aliphatic rings. The van der Waals surface area contributed by atoms with Gasteiger partial charge in [-0.25, -0.2) is 9.97 Å². The summed E-state index contributed by atoms with van der Waals surface area (Å²) in [6.45, 7) is 9.31. The van der Waals surface area contributed by atoms with Crippen LogP contribution in [-0.4, -0.2) is 41.2 Å². The third-order valence-corrected chi connectivity index (χ3v) is 5.90. The van der Waals surface area contributed by atoms with Gasteiger partial charge in [0.2, 0.25) is 0 Å². The molecule has 1 saturated heterocycles. The third kappa shape index (κ3) is 3.93. The predicted molar refractivity (Wildman–Crippen MR) is 123 cm³/mol. The van der Waals surface area contributed by atoms with Gasteiger partial charge in [-0.1, -0.05) is 25.3 Å². The minimum absolute atomic E-state index is 0.0688. The molecule has 2 fully saturated rings. The number of rotatable bonds is 8. The van der Waals surface area contributed by atoms with Crippen LogP contribution in [0.2, 0.25) is 0 Å². The smallest absolute Gasteiger partial charge is 0.162 e. The Balaban J connectivity index is 1.42. The van der Waals surface area contributed by atoms with E-state index < -0.39 is 0 Å². The largest absolute Gasteiger partial charge is 0.493 e. The quantitative estimate of drug-likeness (QED) is 0.522. The Bertz CT molecular complexity index is 1150. The number of methoxy groups -OCH3 is 1. The molecule has 0 bridgehead atoms. The molecule has 0 amide bonds. The zero-order valence-corrected chi connectivity index (χ0v) is 17.7. The van der Waals surface area contributed by atoms with Gasteiger partial charge in [0.05, 0.1) is 25.7 Å². The number of fused-ring (bicyclic) bond motifs is 1. The fourth-order valence-corrected chi connectivity index (χ4v) is 3.89. The van der Waals surface area contributed by atoms with E-state index in [1.54, 1.807) is 19.5 Å². The maximum atomic E-state index is 6.24. The lowest BCUT2D eigenvalue weighted by molar-refractivity contribution is 0.0454. The molecule has 2 heterocycles. The highest BCUT2D eigenvalue weighted by molar-refractivity contribution is 5.93. The van der Waals surface area contributed by atoms with E-state index in [0.29, 0.717) is 17.4 Å². The summed E-state index contributed by atoms with van der Waals surface area (Å²) in [5, 5.41) is 4.36. The van der Waals surface area contributed by atoms with E-state index >= 15 is 0 Å². The van der Waals surface area contributed by atoms with E-state index in [2.05, 4.69) is 57.6 Å². The number of anilines is 2. The van der Waals surface area contributed by atoms with Gasteiger partial charge in [0.25, 0.3) is 0 Å². The van der Waals surface area contributed by atoms with Crippen LogP contribution >= 0.6 is 0 Å². The second-order valence-corrected chi connectivity index (χ2v) is 8.11. The molecule has 1 saturated carbocycles. The second kappa shape index (κ2) is 7.95. The van der Waals surface area contributed by atoms with Gasteiger partial charge in [0.15, 0.2) is 11.5 Å². The standard InChI is InChI=1S/C25H26N4O2/c1-4-16(2)29-13-20(14-29)31-24-11-21-22(12-23(24)30-3)26-15-27-25(21)28-19-7-5-6-18(10-19)17-8-9-17/h4-7,10-12,15,17,20H,1-2,8-9,13-14H2,3H3,(H,26,27,28). The van der Waals surface area contributed by atoms with Gasteiger partial charge in [0.1, 0.15) is 18.2 Å². The monoisotopic (exact) mass is 414 g/mol. The van der Waals surface area contributed by atoms with Gasteiger partial charge in [0, 0.05) is 22.8 Å². The van der Waals surface area contributed by atoms with Crippen molar-refractivity contribution in [3.63, 3.8) is 0 Å². The molecule has 5 rings (SSSR count). The molecule has 3 aromatic rings. The lowest BCUT2D eigenvalue weighted by Crippen LogP contribution is -2.52. The molecule has 0 atom stereocenters. The second-order valence-electron chi connectivity index (χ2n) is 8.11. The fourth-order valence-electron chi connectivity index (χ4n) is 3.89. The van der Waals surface area contributed by atoms with Gasteiger partial charge in [-0.3, -0.25) is 0 Å². The molecule has 6 heteroatoms. The molecule has 0 unspecified atom stereocenters. The normalized spacial score (nSPS) is 16.0. The summed E-state index contributed by atoms with van der Waals surface area (Å²) in [5.74, 6) is 2.80. The minimum atomic E-state index is 0.0688. The van der Waals surface area contributed by atoms with Crippen molar-refractivity contribution in [3.8, 4) is 11.5 Å². The number of nitrogens with zero attached hydrogens (tertiary/aromatic N) is 3. The Kier molecular flexibility index (Phi) is 4.98. The van der Waals surface area contributed by atoms with Crippen LogP contribution in [0, 0.1) is 0 Å². The maximum absolute atomic E-state index is 6.24. The van der Waals surface area contributed by atoms with Crippen molar-refractivity contribution in [1.82, 2.24) is 14.9 Å². The summed E-state index contributed by atoms with van der Waals surface area (Å²) in [7, 11) is 1.64. The van der Waals surface area contributed by atoms with E-state index in [9.17, 15) is 0 Å². The average molecular weight is 415 g/mol. The van der Waals surface area contributed by atoms with Gasteiger partial charge in [-0.05, 0) is 48.6 Å². The summed E-state index contributed by atoms with van der Waals surface area (Å²) in [6.07, 6.45) is 5.96. The average Bonchev–Trinajstić information content (AvgIpc) is 3.61. The number of ether oxygens (including phenoxy) is 2. The Morgan fingerprint density at radius 1 is 1.16 bits per heavy atom. The molecule has 0 radical (unpaired) electrons. The third-order valence-electron chi connectivity index (χ3n) is 5.90. The van der Waals surface area contributed by atoms with Crippen LogP contribution < -0.4 is 14.8 Å². The zero-order chi connectivity index (χ0) is 21.4. The molecule has 2 aromatic carbocycles. The molecule has 0 spiro atoms. The first-order valence-electron chi connectivity index (χ1n) is 10.6. The molecular weight excluding hydrogens is 388 g/mol. The van der Waals surface area contributed by atoms with Crippen molar-refractivity contribution in [2.75, 3.05) is 25.5 Å². The van der Waals surface area contributed by atoms with Crippen LogP contribution in [0.15, 0.2) is 67.7 Å². The van der Waals surface area contributed by atoms with Crippen LogP contribution in [-0.2, 0) is 0 Å². The number of hydrogen-bond acceptors (Lipinski definition) is 6. The molecule has 158 valence electrons. The molecule has 1 aliphatic carbocycles. The van der Waals surface area contributed by atoms with E-state index in [1.807, 2.05) is 12.1 Å². The Hall–Kier alpha value is -3.54. The summed E-state index contributed by atoms with van der Waals surface area (Å²) >= 11 is 0. The van der Waals surface area contributed by atoms with Crippen LogP contribution in [0.1, 0.15) is 24.3 Å². The van der Waals surface area contributed by atoms with E-state index in [-0.39, 0.29) is 6.10 Å². The molecular formula is C25H26N4O2. The number of likely N-dealkylation sites (tertiary alicyclic amines) is 1. The highest BCUT2D eigenvalue weighted by Gasteiger charge is 2.29. The number of hydrogen-bond donors (Lipinski definition) is 1. The zero-order valence-electron chi connectivity index (χ0n) is 17.7. The van der Waals surface area contributed by atoms with Crippen molar-refractivity contribution < 1.29 is 9.47 Å². The van der Waals surface area contributed by atoms with E-state index in [0.717, 1.165) is 41.2 Å². The molecule has 1 aromatic heterocycles. The first-order chi connectivity index (χ1) is 15.1. The van der Waals surface area contributed by atoms with Crippen molar-refractivity contribution >= 4 is 22.4 Å². The Labute approximate surface area is 182 Å². The van der Waals surface area contributed by atoms with Crippen molar-refractivity contribution in [1.29, 1.82) is 0 Å². The van der Waals surface area contributed by atoms with Crippen molar-refractivity contribution in [2.45, 2.75) is 24.9 Å². The summed E-state index contributed by atoms with van der Waals surface area (Å²) in [6, 6.07) is 12.4. The van der Waals surface area contributed by atoms with Crippen LogP contribution in [0.5, 0.6) is 11.5 Å². The first kappa shape index (κ1) is 19.4. The summed E-state index contributed by atoms with van der Waals surface area (Å²) in [5.41, 5.74) is 4.12. The fraction of sp³-hybridized carbons (Fsp3) is 0.280. The van der Waals surface area contributed by atoms with E-state index in [4.69, 9.17) is 9.47 Å². The molecule has 6 nitrogen and oxygen atoms in total. The lowest BCUT2D eigenvalue weighted by atomic mass is 10.1. The lowest BCUT2D eigenvalue weighted by Gasteiger charge is -2.41. The van der Waals surface area contributed by atoms with Crippen molar-refractivity contribution in [3.05, 3.63) is 73.2 Å². The minimum Gasteiger partial charge on any atom is -0.493 e. The molecule has 1 aliphatic heterocycles. The maximum Gasteiger partial charge on any atom is 0.162 e. The Morgan fingerprint density at radius 3 is 2.74 bits per heavy atom. The van der Waals surface area contributed by atoms with Gasteiger partial charge in [-0.15, -0.1) is 0 Å². The molecule has 31 heavy (non-hydrogen) atoms. The highest BCUT2D eigenvalue weighted by atomic mass is 16.5. The number of nitrogens with one attached hydrogen (secondary N) is 1. The van der Waals surface area contributed by atoms with E-state index in [1.165, 1.54) is 18.4 Å². The van der Waals surface area contributed by atoms with Crippen LogP contribution in [0.25, 0.3) is 10.9 Å². The van der Waals surface area contributed by atoms with Gasteiger partial charge in [-0.2, -0.15) is 0 Å². The van der Waals surface area contributed by atoms with Crippen molar-refractivity contribution in [2.24, 2.45) is 0 Å². The van der Waals surface area contributed by atoms with Crippen LogP contribution in [0.4, 0.5) is 11.5 Å². The summed E-state index contributed by atoms with van der Waals surface area (Å²) in [4.78, 5) is 11.1. The predicted octanol–water partition coefficient (Wildman–Crippen LogP) is 5.02. The highest BCUT2D eigenvalue weighted by Crippen LogP contribution is 2.41.